The molecule has 0 saturated heterocycles. The number of fused-ring (bicyclic) bond motifs is 1. The Balaban J connectivity index is 1.23. The van der Waals surface area contributed by atoms with Crippen LogP contribution in [-0.4, -0.2) is 36.6 Å². The van der Waals surface area contributed by atoms with Gasteiger partial charge in [-0.25, -0.2) is 0 Å². The molecule has 2 aliphatic rings. The molecular formula is C25H33NO3. The van der Waals surface area contributed by atoms with E-state index in [2.05, 4.69) is 30.3 Å². The molecule has 0 amide bonds. The van der Waals surface area contributed by atoms with Crippen LogP contribution < -0.4 is 5.73 Å². The first-order valence-corrected chi connectivity index (χ1v) is 10.9. The number of benzene rings is 2. The van der Waals surface area contributed by atoms with Crippen LogP contribution in [0.4, 0.5) is 0 Å². The summed E-state index contributed by atoms with van der Waals surface area (Å²) in [5.74, 6) is 0.480. The molecule has 0 aliphatic heterocycles. The Morgan fingerprint density at radius 3 is 2.69 bits per heavy atom. The van der Waals surface area contributed by atoms with Crippen LogP contribution in [0.25, 0.3) is 0 Å². The van der Waals surface area contributed by atoms with Crippen molar-refractivity contribution in [3.05, 3.63) is 70.8 Å². The number of rotatable bonds is 8. The predicted molar refractivity (Wildman–Crippen MR) is 115 cm³/mol. The SMILES string of the molecule is N[C@]1(CO)CC[C@H](c2ccc3c(c2)CC[C@H](OCCOCc2ccccc2)C3)C1. The zero-order chi connectivity index (χ0) is 20.1. The minimum Gasteiger partial charge on any atom is -0.394 e. The zero-order valence-corrected chi connectivity index (χ0v) is 17.2. The van der Waals surface area contributed by atoms with Gasteiger partial charge in [0.15, 0.2) is 0 Å². The van der Waals surface area contributed by atoms with Crippen molar-refractivity contribution in [1.29, 1.82) is 0 Å². The summed E-state index contributed by atoms with van der Waals surface area (Å²) in [6.07, 6.45) is 6.27. The fraction of sp³-hybridized carbons (Fsp3) is 0.520. The monoisotopic (exact) mass is 395 g/mol. The van der Waals surface area contributed by atoms with Crippen molar-refractivity contribution in [2.45, 2.75) is 62.7 Å². The third-order valence-corrected chi connectivity index (χ3v) is 6.54. The minimum atomic E-state index is -0.387. The van der Waals surface area contributed by atoms with Gasteiger partial charge in [-0.15, -0.1) is 0 Å². The zero-order valence-electron chi connectivity index (χ0n) is 17.2. The van der Waals surface area contributed by atoms with Crippen LogP contribution in [0, 0.1) is 0 Å². The first-order valence-electron chi connectivity index (χ1n) is 10.9. The van der Waals surface area contributed by atoms with E-state index in [0.717, 1.165) is 38.5 Å². The molecule has 156 valence electrons. The maximum Gasteiger partial charge on any atom is 0.0718 e. The molecule has 4 heteroatoms. The van der Waals surface area contributed by atoms with Crippen molar-refractivity contribution in [2.75, 3.05) is 19.8 Å². The minimum absolute atomic E-state index is 0.0858. The molecule has 0 radical (unpaired) electrons. The van der Waals surface area contributed by atoms with Crippen molar-refractivity contribution in [2.24, 2.45) is 5.73 Å². The van der Waals surface area contributed by atoms with Gasteiger partial charge in [0.25, 0.3) is 0 Å². The number of ether oxygens (including phenoxy) is 2. The van der Waals surface area contributed by atoms with Crippen LogP contribution in [0.2, 0.25) is 0 Å². The third kappa shape index (κ3) is 5.26. The summed E-state index contributed by atoms with van der Waals surface area (Å²) < 4.78 is 11.8. The second-order valence-electron chi connectivity index (χ2n) is 8.76. The molecule has 3 atom stereocenters. The maximum atomic E-state index is 9.53. The quantitative estimate of drug-likeness (QED) is 0.669. The number of aryl methyl sites for hydroxylation is 1. The lowest BCUT2D eigenvalue weighted by molar-refractivity contribution is -0.00459. The van der Waals surface area contributed by atoms with Gasteiger partial charge in [0.05, 0.1) is 32.5 Å². The smallest absolute Gasteiger partial charge is 0.0718 e. The summed E-state index contributed by atoms with van der Waals surface area (Å²) in [5.41, 5.74) is 11.3. The van der Waals surface area contributed by atoms with E-state index in [4.69, 9.17) is 15.2 Å². The highest BCUT2D eigenvalue weighted by molar-refractivity contribution is 5.37. The van der Waals surface area contributed by atoms with Crippen LogP contribution in [0.3, 0.4) is 0 Å². The van der Waals surface area contributed by atoms with Gasteiger partial charge in [-0.05, 0) is 66.7 Å². The summed E-state index contributed by atoms with van der Waals surface area (Å²) in [4.78, 5) is 0. The van der Waals surface area contributed by atoms with Crippen molar-refractivity contribution in [3.63, 3.8) is 0 Å². The normalized spacial score (nSPS) is 26.4. The third-order valence-electron chi connectivity index (χ3n) is 6.54. The van der Waals surface area contributed by atoms with Gasteiger partial charge in [-0.1, -0.05) is 48.5 Å². The highest BCUT2D eigenvalue weighted by Gasteiger charge is 2.36. The molecule has 0 bridgehead atoms. The molecule has 4 rings (SSSR count). The fourth-order valence-corrected chi connectivity index (χ4v) is 4.76. The van der Waals surface area contributed by atoms with E-state index in [1.165, 1.54) is 22.3 Å². The van der Waals surface area contributed by atoms with Gasteiger partial charge in [0.1, 0.15) is 0 Å². The molecule has 0 heterocycles. The number of hydrogen-bond donors (Lipinski definition) is 2. The Hall–Kier alpha value is -1.72. The summed E-state index contributed by atoms with van der Waals surface area (Å²) >= 11 is 0. The number of aliphatic hydroxyl groups excluding tert-OH is 1. The Morgan fingerprint density at radius 2 is 1.90 bits per heavy atom. The molecule has 2 aliphatic carbocycles. The number of aliphatic hydroxyl groups is 1. The molecule has 3 N–H and O–H groups in total. The molecule has 1 fully saturated rings. The standard InChI is InChI=1S/C25H33NO3/c26-25(18-27)11-10-23(16-25)21-6-7-22-15-24(9-8-20(22)14-21)29-13-12-28-17-19-4-2-1-3-5-19/h1-7,14,23-24,27H,8-13,15-18,26H2/t23-,24-,25+/m0/s1. The highest BCUT2D eigenvalue weighted by Crippen LogP contribution is 2.40. The van der Waals surface area contributed by atoms with Gasteiger partial charge >= 0.3 is 0 Å². The molecule has 1 saturated carbocycles. The van der Waals surface area contributed by atoms with E-state index >= 15 is 0 Å². The predicted octanol–water partition coefficient (Wildman–Crippen LogP) is 3.73. The van der Waals surface area contributed by atoms with Gasteiger partial charge in [-0.2, -0.15) is 0 Å². The fourth-order valence-electron chi connectivity index (χ4n) is 4.76. The van der Waals surface area contributed by atoms with Crippen molar-refractivity contribution in [3.8, 4) is 0 Å². The van der Waals surface area contributed by atoms with Crippen molar-refractivity contribution < 1.29 is 14.6 Å². The van der Waals surface area contributed by atoms with E-state index < -0.39 is 0 Å². The number of hydrogen-bond acceptors (Lipinski definition) is 4. The summed E-state index contributed by atoms with van der Waals surface area (Å²) in [6.45, 7) is 2.00. The van der Waals surface area contributed by atoms with Crippen LogP contribution in [0.5, 0.6) is 0 Å². The number of nitrogens with two attached hydrogens (primary N) is 1. The summed E-state index contributed by atoms with van der Waals surface area (Å²) in [7, 11) is 0. The molecule has 0 spiro atoms. The largest absolute Gasteiger partial charge is 0.394 e. The summed E-state index contributed by atoms with van der Waals surface area (Å²) in [6, 6.07) is 17.2. The van der Waals surface area contributed by atoms with Crippen molar-refractivity contribution >= 4 is 0 Å². The van der Waals surface area contributed by atoms with Crippen molar-refractivity contribution in [1.82, 2.24) is 0 Å². The first kappa shape index (κ1) is 20.5. The van der Waals surface area contributed by atoms with Gasteiger partial charge in [0, 0.05) is 5.54 Å². The second-order valence-corrected chi connectivity index (χ2v) is 8.76. The molecule has 4 nitrogen and oxygen atoms in total. The Morgan fingerprint density at radius 1 is 1.03 bits per heavy atom. The molecule has 2 aromatic carbocycles. The molecule has 0 unspecified atom stereocenters. The van der Waals surface area contributed by atoms with Gasteiger partial charge < -0.3 is 20.3 Å². The maximum absolute atomic E-state index is 9.53. The van der Waals surface area contributed by atoms with Gasteiger partial charge in [-0.3, -0.25) is 0 Å². The Labute approximate surface area is 174 Å². The molecule has 2 aromatic rings. The second kappa shape index (κ2) is 9.40. The van der Waals surface area contributed by atoms with Gasteiger partial charge in [0.2, 0.25) is 0 Å². The highest BCUT2D eigenvalue weighted by atomic mass is 16.5. The molecule has 29 heavy (non-hydrogen) atoms. The average molecular weight is 396 g/mol. The van der Waals surface area contributed by atoms with E-state index in [1.807, 2.05) is 18.2 Å². The molecule has 0 aromatic heterocycles. The van der Waals surface area contributed by atoms with E-state index in [0.29, 0.717) is 25.7 Å². The van der Waals surface area contributed by atoms with E-state index in [1.54, 1.807) is 0 Å². The van der Waals surface area contributed by atoms with Crippen LogP contribution >= 0.6 is 0 Å². The van der Waals surface area contributed by atoms with E-state index in [9.17, 15) is 5.11 Å². The van der Waals surface area contributed by atoms with E-state index in [-0.39, 0.29) is 18.2 Å². The Kier molecular flexibility index (Phi) is 6.66. The summed E-state index contributed by atoms with van der Waals surface area (Å²) in [5, 5.41) is 9.53. The van der Waals surface area contributed by atoms with Crippen LogP contribution in [0.15, 0.2) is 48.5 Å². The average Bonchev–Trinajstić information content (AvgIpc) is 3.16. The van der Waals surface area contributed by atoms with Crippen LogP contribution in [0.1, 0.15) is 53.9 Å². The first-order chi connectivity index (χ1) is 14.1. The topological polar surface area (TPSA) is 64.7 Å². The van der Waals surface area contributed by atoms with Crippen LogP contribution in [-0.2, 0) is 28.9 Å². The molecular weight excluding hydrogens is 362 g/mol. The Bertz CT molecular complexity index is 794. The lowest BCUT2D eigenvalue weighted by atomic mass is 9.85. The lowest BCUT2D eigenvalue weighted by Crippen LogP contribution is -2.40. The lowest BCUT2D eigenvalue weighted by Gasteiger charge is -2.26.